The van der Waals surface area contributed by atoms with Crippen molar-refractivity contribution in [1.82, 2.24) is 4.98 Å². The summed E-state index contributed by atoms with van der Waals surface area (Å²) < 4.78 is 35.8. The van der Waals surface area contributed by atoms with E-state index in [9.17, 15) is 18.0 Å². The Kier molecular flexibility index (Phi) is 13.8. The van der Waals surface area contributed by atoms with Crippen LogP contribution >= 0.6 is 22.9 Å². The minimum absolute atomic E-state index is 0.454. The van der Waals surface area contributed by atoms with E-state index < -0.39 is 22.7 Å². The summed E-state index contributed by atoms with van der Waals surface area (Å²) in [6.07, 6.45) is 0.294. The van der Waals surface area contributed by atoms with Crippen molar-refractivity contribution in [3.8, 4) is 0 Å². The first kappa shape index (κ1) is 22.5. The lowest BCUT2D eigenvalue weighted by molar-refractivity contribution is -0.141. The Morgan fingerprint density at radius 2 is 1.86 bits per heavy atom. The van der Waals surface area contributed by atoms with Crippen LogP contribution in [0.4, 0.5) is 13.2 Å². The highest BCUT2D eigenvalue weighted by Gasteiger charge is 2.38. The number of hydrogen-bond donors (Lipinski definition) is 1. The number of carboxylic acid groups (broad SMARTS) is 1. The van der Waals surface area contributed by atoms with Crippen molar-refractivity contribution in [3.05, 3.63) is 16.1 Å². The predicted octanol–water partition coefficient (Wildman–Crippen LogP) is 5.69. The van der Waals surface area contributed by atoms with E-state index >= 15 is 0 Å². The van der Waals surface area contributed by atoms with E-state index in [0.29, 0.717) is 11.3 Å². The number of unbranched alkanes of at least 4 members (excludes halogenated alkanes) is 2. The lowest BCUT2D eigenvalue weighted by atomic mass is 10.3. The predicted molar refractivity (Wildman–Crippen MR) is 80.3 cm³/mol. The van der Waals surface area contributed by atoms with Crippen molar-refractivity contribution in [2.75, 3.05) is 5.88 Å². The zero-order valence-electron chi connectivity index (χ0n) is 12.3. The van der Waals surface area contributed by atoms with Crippen molar-refractivity contribution >= 4 is 28.9 Å². The molecule has 1 aromatic rings. The van der Waals surface area contributed by atoms with Crippen molar-refractivity contribution in [1.29, 1.82) is 0 Å². The summed E-state index contributed by atoms with van der Waals surface area (Å²) >= 11 is 5.83. The third kappa shape index (κ3) is 11.5. The number of aromatic nitrogens is 1. The second-order valence-electron chi connectivity index (χ2n) is 3.94. The van der Waals surface area contributed by atoms with Crippen LogP contribution in [0.1, 0.15) is 61.8 Å². The molecule has 0 radical (unpaired) electrons. The number of rotatable bonds is 4. The Balaban J connectivity index is 0. The topological polar surface area (TPSA) is 50.2 Å². The first-order valence-corrected chi connectivity index (χ1v) is 7.97. The highest BCUT2D eigenvalue weighted by Crippen LogP contribution is 2.32. The molecule has 0 atom stereocenters. The van der Waals surface area contributed by atoms with E-state index in [0.717, 1.165) is 11.4 Å². The molecular weight excluding hydrogens is 327 g/mol. The molecule has 1 aromatic heterocycles. The number of nitrogens with zero attached hydrogens (tertiary/aromatic N) is 1. The molecule has 0 aliphatic heterocycles. The maximum absolute atomic E-state index is 11.9. The van der Waals surface area contributed by atoms with Gasteiger partial charge in [0, 0.05) is 5.88 Å². The Bertz CT molecular complexity index is 380. The van der Waals surface area contributed by atoms with Gasteiger partial charge < -0.3 is 5.11 Å². The maximum Gasteiger partial charge on any atom is 0.435 e. The Hall–Kier alpha value is -0.820. The average Bonchev–Trinajstić information content (AvgIpc) is 2.87. The number of halogens is 4. The molecule has 0 bridgehead atoms. The first-order valence-electron chi connectivity index (χ1n) is 6.55. The third-order valence-electron chi connectivity index (χ3n) is 1.77. The zero-order valence-corrected chi connectivity index (χ0v) is 13.9. The summed E-state index contributed by atoms with van der Waals surface area (Å²) in [5.74, 6) is -0.779. The lowest BCUT2D eigenvalue weighted by Gasteiger charge is -2.02. The molecule has 0 spiro atoms. The van der Waals surface area contributed by atoms with Crippen molar-refractivity contribution in [3.63, 3.8) is 0 Å². The Labute approximate surface area is 132 Å². The number of carboxylic acids is 1. The normalized spacial score (nSPS) is 10.0. The summed E-state index contributed by atoms with van der Waals surface area (Å²) in [7, 11) is 0. The fourth-order valence-electron chi connectivity index (χ4n) is 0.944. The van der Waals surface area contributed by atoms with Crippen LogP contribution in [0.15, 0.2) is 5.51 Å². The quantitative estimate of drug-likeness (QED) is 0.562. The highest BCUT2D eigenvalue weighted by molar-refractivity contribution is 7.11. The fourth-order valence-corrected chi connectivity index (χ4v) is 1.78. The molecule has 0 fully saturated rings. The van der Waals surface area contributed by atoms with Crippen LogP contribution in [-0.2, 0) is 6.18 Å². The van der Waals surface area contributed by atoms with E-state index in [1.807, 2.05) is 0 Å². The first-order chi connectivity index (χ1) is 9.75. The van der Waals surface area contributed by atoms with Gasteiger partial charge in [0.25, 0.3) is 0 Å². The van der Waals surface area contributed by atoms with Gasteiger partial charge in [-0.05, 0) is 6.42 Å². The molecule has 8 heteroatoms. The van der Waals surface area contributed by atoms with E-state index in [4.69, 9.17) is 16.7 Å². The standard InChI is InChI=1S/C5H11Cl.C5H2F3NO2S.C3H8/c1-2-3-4-5-6;6-5(7,8)3-2(4(10)11)12-1-9-3;1-3-2/h2-5H2,1H3;1H,(H,10,11);3H2,1-2H3. The van der Waals surface area contributed by atoms with Gasteiger partial charge in [-0.2, -0.15) is 13.2 Å². The van der Waals surface area contributed by atoms with E-state index in [-0.39, 0.29) is 0 Å². The molecule has 0 saturated heterocycles. The van der Waals surface area contributed by atoms with E-state index in [2.05, 4.69) is 25.8 Å². The largest absolute Gasteiger partial charge is 0.477 e. The lowest BCUT2D eigenvalue weighted by Crippen LogP contribution is -2.11. The van der Waals surface area contributed by atoms with Crippen LogP contribution in [0.5, 0.6) is 0 Å². The number of alkyl halides is 4. The number of aromatic carboxylic acids is 1. The Morgan fingerprint density at radius 3 is 2.10 bits per heavy atom. The Morgan fingerprint density at radius 1 is 1.33 bits per heavy atom. The van der Waals surface area contributed by atoms with Crippen LogP contribution in [0, 0.1) is 0 Å². The summed E-state index contributed by atoms with van der Waals surface area (Å²) in [5, 5.41) is 8.29. The van der Waals surface area contributed by atoms with Gasteiger partial charge in [-0.25, -0.2) is 9.78 Å². The van der Waals surface area contributed by atoms with Gasteiger partial charge in [0.2, 0.25) is 0 Å². The summed E-state index contributed by atoms with van der Waals surface area (Å²) in [6.45, 7) is 6.42. The zero-order chi connectivity index (χ0) is 16.9. The van der Waals surface area contributed by atoms with Crippen LogP contribution in [0.25, 0.3) is 0 Å². The van der Waals surface area contributed by atoms with Crippen LogP contribution in [0.2, 0.25) is 0 Å². The molecule has 0 saturated carbocycles. The SMILES string of the molecule is CCC.CCCCCCl.O=C(O)c1scnc1C(F)(F)F. The molecule has 0 aromatic carbocycles. The van der Waals surface area contributed by atoms with Crippen LogP contribution < -0.4 is 0 Å². The molecule has 3 nitrogen and oxygen atoms in total. The van der Waals surface area contributed by atoms with E-state index in [1.165, 1.54) is 25.7 Å². The molecule has 21 heavy (non-hydrogen) atoms. The van der Waals surface area contributed by atoms with Crippen molar-refractivity contribution in [2.45, 2.75) is 52.6 Å². The molecule has 0 amide bonds. The smallest absolute Gasteiger partial charge is 0.435 e. The molecule has 124 valence electrons. The van der Waals surface area contributed by atoms with Crippen molar-refractivity contribution in [2.24, 2.45) is 0 Å². The molecule has 0 unspecified atom stereocenters. The van der Waals surface area contributed by atoms with Crippen LogP contribution in [0.3, 0.4) is 0 Å². The van der Waals surface area contributed by atoms with Gasteiger partial charge in [0.1, 0.15) is 4.88 Å². The molecule has 0 aliphatic rings. The minimum Gasteiger partial charge on any atom is -0.477 e. The average molecular weight is 348 g/mol. The number of hydrogen-bond acceptors (Lipinski definition) is 3. The molecular formula is C13H21ClF3NO2S. The van der Waals surface area contributed by atoms with Gasteiger partial charge in [0.15, 0.2) is 5.69 Å². The minimum atomic E-state index is -4.69. The second-order valence-corrected chi connectivity index (χ2v) is 5.17. The van der Waals surface area contributed by atoms with E-state index in [1.54, 1.807) is 0 Å². The van der Waals surface area contributed by atoms with Gasteiger partial charge >= 0.3 is 12.1 Å². The summed E-state index contributed by atoms with van der Waals surface area (Å²) in [4.78, 5) is 12.3. The van der Waals surface area contributed by atoms with Gasteiger partial charge in [-0.3, -0.25) is 0 Å². The summed E-state index contributed by atoms with van der Waals surface area (Å²) in [5.41, 5.74) is -0.480. The van der Waals surface area contributed by atoms with Gasteiger partial charge in [0.05, 0.1) is 5.51 Å². The molecule has 1 rings (SSSR count). The fraction of sp³-hybridized carbons (Fsp3) is 0.692. The third-order valence-corrected chi connectivity index (χ3v) is 2.85. The molecule has 1 N–H and O–H groups in total. The highest BCUT2D eigenvalue weighted by atomic mass is 35.5. The molecule has 0 aliphatic carbocycles. The van der Waals surface area contributed by atoms with Gasteiger partial charge in [-0.15, -0.1) is 22.9 Å². The maximum atomic E-state index is 11.9. The van der Waals surface area contributed by atoms with Gasteiger partial charge in [-0.1, -0.05) is 40.0 Å². The van der Waals surface area contributed by atoms with Crippen molar-refractivity contribution < 1.29 is 23.1 Å². The summed E-state index contributed by atoms with van der Waals surface area (Å²) in [6, 6.07) is 0. The number of thiazole rings is 1. The second kappa shape index (κ2) is 12.9. The number of carbonyl (C=O) groups is 1. The van der Waals surface area contributed by atoms with Crippen LogP contribution in [-0.4, -0.2) is 21.9 Å². The molecule has 1 heterocycles. The monoisotopic (exact) mass is 347 g/mol.